The number of nitrogens with zero attached hydrogens (tertiary/aromatic N) is 5. The Hall–Kier alpha value is -4.94. The number of pyridine rings is 1. The summed E-state index contributed by atoms with van der Waals surface area (Å²) in [5, 5.41) is 17.0. The van der Waals surface area contributed by atoms with E-state index in [9.17, 15) is 19.1 Å². The first-order valence-corrected chi connectivity index (χ1v) is 16.1. The number of rotatable bonds is 7. The number of thiophene rings is 1. The molecular weight excluding hydrogens is 624 g/mol. The Morgan fingerprint density at radius 3 is 2.74 bits per heavy atom. The molecule has 2 aliphatic rings. The predicted octanol–water partition coefficient (Wildman–Crippen LogP) is 5.86. The molecule has 0 saturated heterocycles. The first-order chi connectivity index (χ1) is 22.7. The van der Waals surface area contributed by atoms with Crippen molar-refractivity contribution in [3.8, 4) is 39.5 Å². The van der Waals surface area contributed by atoms with Gasteiger partial charge in [-0.3, -0.25) is 14.3 Å². The molecule has 2 aromatic carbocycles. The number of fused-ring (bicyclic) bond motifs is 3. The fourth-order valence-corrected chi connectivity index (χ4v) is 7.46. The van der Waals surface area contributed by atoms with Gasteiger partial charge in [-0.2, -0.15) is 5.10 Å². The molecule has 0 unspecified atom stereocenters. The van der Waals surface area contributed by atoms with Gasteiger partial charge in [-0.15, -0.1) is 11.3 Å². The zero-order valence-electron chi connectivity index (χ0n) is 25.8. The largest absolute Gasteiger partial charge is 0.490 e. The molecule has 5 aromatic rings. The molecule has 47 heavy (non-hydrogen) atoms. The van der Waals surface area contributed by atoms with Crippen LogP contribution in [0.3, 0.4) is 0 Å². The summed E-state index contributed by atoms with van der Waals surface area (Å²) < 4.78 is 38.7. The number of halogens is 2. The first kappa shape index (κ1) is 30.7. The van der Waals surface area contributed by atoms with Crippen LogP contribution in [0.4, 0.5) is 8.78 Å². The van der Waals surface area contributed by atoms with Crippen molar-refractivity contribution in [2.24, 2.45) is 0 Å². The number of likely N-dealkylation sites (N-methyl/N-ethyl adjacent to an activating group) is 1. The van der Waals surface area contributed by atoms with Crippen LogP contribution in [0, 0.1) is 11.6 Å². The maximum absolute atomic E-state index is 16.0. The van der Waals surface area contributed by atoms with Crippen molar-refractivity contribution in [3.63, 3.8) is 0 Å². The molecule has 0 spiro atoms. The Balaban J connectivity index is 1.49. The van der Waals surface area contributed by atoms with Crippen molar-refractivity contribution >= 4 is 33.2 Å². The molecule has 12 heteroatoms. The summed E-state index contributed by atoms with van der Waals surface area (Å²) in [6, 6.07) is 11.0. The molecule has 0 radical (unpaired) electrons. The van der Waals surface area contributed by atoms with E-state index in [1.807, 2.05) is 47.3 Å². The molecule has 7 rings (SSSR count). The van der Waals surface area contributed by atoms with Gasteiger partial charge in [0.25, 0.3) is 5.91 Å². The SMILES string of the molecule is C=CC(=O)N1CCn2nc(-c3nc(-c4ccc5c(c4)CCN(C)C5=O)c4ccsc4c3-c3c(F)cc(F)cc3OCCO)cc2[C@H]1C. The van der Waals surface area contributed by atoms with E-state index in [-0.39, 0.29) is 42.4 Å². The normalized spacial score (nSPS) is 15.9. The molecule has 0 aliphatic carbocycles. The topological polar surface area (TPSA) is 101 Å². The molecule has 0 bridgehead atoms. The quantitative estimate of drug-likeness (QED) is 0.221. The van der Waals surface area contributed by atoms with Crippen LogP contribution in [0.15, 0.2) is 60.5 Å². The number of hydrogen-bond donors (Lipinski definition) is 1. The van der Waals surface area contributed by atoms with E-state index in [0.717, 1.165) is 34.3 Å². The molecule has 1 atom stereocenters. The molecule has 3 aromatic heterocycles. The van der Waals surface area contributed by atoms with Gasteiger partial charge in [-0.05, 0) is 54.6 Å². The van der Waals surface area contributed by atoms with Crippen molar-refractivity contribution in [1.29, 1.82) is 0 Å². The summed E-state index contributed by atoms with van der Waals surface area (Å²) >= 11 is 1.38. The van der Waals surface area contributed by atoms with Crippen LogP contribution >= 0.6 is 11.3 Å². The number of ether oxygens (including phenoxy) is 1. The summed E-state index contributed by atoms with van der Waals surface area (Å²) in [5.41, 5.74) is 4.92. The number of aliphatic hydroxyl groups excluding tert-OH is 1. The van der Waals surface area contributed by atoms with Gasteiger partial charge >= 0.3 is 0 Å². The Morgan fingerprint density at radius 1 is 1.13 bits per heavy atom. The molecule has 2 aliphatic heterocycles. The van der Waals surface area contributed by atoms with Gasteiger partial charge in [0.15, 0.2) is 0 Å². The van der Waals surface area contributed by atoms with Crippen molar-refractivity contribution in [2.45, 2.75) is 25.9 Å². The average Bonchev–Trinajstić information content (AvgIpc) is 3.73. The van der Waals surface area contributed by atoms with E-state index in [0.29, 0.717) is 59.0 Å². The van der Waals surface area contributed by atoms with Crippen molar-refractivity contribution in [2.75, 3.05) is 33.4 Å². The zero-order chi connectivity index (χ0) is 33.0. The summed E-state index contributed by atoms with van der Waals surface area (Å²) in [4.78, 5) is 34.0. The van der Waals surface area contributed by atoms with E-state index in [1.54, 1.807) is 16.8 Å². The number of carbonyl (C=O) groups excluding carboxylic acids is 2. The average molecular weight is 656 g/mol. The second-order valence-electron chi connectivity index (χ2n) is 11.6. The van der Waals surface area contributed by atoms with Gasteiger partial charge in [0, 0.05) is 59.0 Å². The number of amides is 2. The number of carbonyl (C=O) groups is 2. The van der Waals surface area contributed by atoms with Gasteiger partial charge in [0.2, 0.25) is 5.91 Å². The molecule has 240 valence electrons. The number of aromatic nitrogens is 3. The van der Waals surface area contributed by atoms with Crippen molar-refractivity contribution in [3.05, 3.63) is 89.0 Å². The third kappa shape index (κ3) is 5.17. The Morgan fingerprint density at radius 2 is 1.96 bits per heavy atom. The second-order valence-corrected chi connectivity index (χ2v) is 12.5. The number of aliphatic hydroxyl groups is 1. The van der Waals surface area contributed by atoms with E-state index in [2.05, 4.69) is 6.58 Å². The summed E-state index contributed by atoms with van der Waals surface area (Å²) in [6.45, 7) is 6.50. The minimum atomic E-state index is -0.847. The smallest absolute Gasteiger partial charge is 0.253 e. The van der Waals surface area contributed by atoms with Gasteiger partial charge in [0.1, 0.15) is 35.4 Å². The molecule has 5 heterocycles. The van der Waals surface area contributed by atoms with Crippen LogP contribution < -0.4 is 4.74 Å². The van der Waals surface area contributed by atoms with Crippen LogP contribution in [-0.2, 0) is 17.8 Å². The predicted molar refractivity (Wildman–Crippen MR) is 175 cm³/mol. The van der Waals surface area contributed by atoms with Gasteiger partial charge in [-0.1, -0.05) is 12.6 Å². The summed E-state index contributed by atoms with van der Waals surface area (Å²) in [5.74, 6) is -1.96. The Kier molecular flexibility index (Phi) is 7.85. The Bertz CT molecular complexity index is 2090. The van der Waals surface area contributed by atoms with Crippen molar-refractivity contribution in [1.82, 2.24) is 24.6 Å². The van der Waals surface area contributed by atoms with E-state index < -0.39 is 11.6 Å². The molecule has 2 amide bonds. The monoisotopic (exact) mass is 655 g/mol. The maximum atomic E-state index is 16.0. The maximum Gasteiger partial charge on any atom is 0.253 e. The fraction of sp³-hybridized carbons (Fsp3) is 0.257. The highest BCUT2D eigenvalue weighted by molar-refractivity contribution is 7.18. The fourth-order valence-electron chi connectivity index (χ4n) is 6.51. The highest BCUT2D eigenvalue weighted by Gasteiger charge is 2.32. The van der Waals surface area contributed by atoms with Crippen LogP contribution in [0.1, 0.15) is 34.6 Å². The molecular formula is C35H31F2N5O4S. The third-order valence-electron chi connectivity index (χ3n) is 8.86. The molecule has 0 saturated carbocycles. The van der Waals surface area contributed by atoms with Crippen molar-refractivity contribution < 1.29 is 28.2 Å². The van der Waals surface area contributed by atoms with Gasteiger partial charge in [0.05, 0.1) is 36.1 Å². The highest BCUT2D eigenvalue weighted by atomic mass is 32.1. The zero-order valence-corrected chi connectivity index (χ0v) is 26.6. The lowest BCUT2D eigenvalue weighted by molar-refractivity contribution is -0.129. The molecule has 0 fully saturated rings. The standard InChI is InChI=1S/C35H31F2N5O4S/c1-4-29(44)41-10-11-42-27(19(41)2)18-26(39-42)33-31(30-25(37)16-22(36)17-28(30)46-13-12-43)34-24(8-14-47-34)32(38-33)21-5-6-23-20(15-21)7-9-40(3)35(23)45/h4-6,8,14-19,43H,1,7,9-13H2,2-3H3/t19-/m1/s1. The first-order valence-electron chi connectivity index (χ1n) is 15.2. The molecule has 9 nitrogen and oxygen atoms in total. The molecule has 1 N–H and O–H groups in total. The summed E-state index contributed by atoms with van der Waals surface area (Å²) in [7, 11) is 1.78. The number of benzene rings is 2. The summed E-state index contributed by atoms with van der Waals surface area (Å²) in [6.07, 6.45) is 1.98. The minimum absolute atomic E-state index is 0.00269. The number of hydrogen-bond acceptors (Lipinski definition) is 7. The van der Waals surface area contributed by atoms with E-state index in [1.165, 1.54) is 17.4 Å². The lowest BCUT2D eigenvalue weighted by Crippen LogP contribution is -2.40. The lowest BCUT2D eigenvalue weighted by atomic mass is 9.93. The van der Waals surface area contributed by atoms with Crippen LogP contribution in [-0.4, -0.2) is 74.8 Å². The van der Waals surface area contributed by atoms with Crippen LogP contribution in [0.25, 0.3) is 43.9 Å². The van der Waals surface area contributed by atoms with Gasteiger partial charge in [-0.25, -0.2) is 13.8 Å². The van der Waals surface area contributed by atoms with E-state index in [4.69, 9.17) is 14.8 Å². The minimum Gasteiger partial charge on any atom is -0.490 e. The van der Waals surface area contributed by atoms with E-state index >= 15 is 4.39 Å². The van der Waals surface area contributed by atoms with Crippen LogP contribution in [0.2, 0.25) is 0 Å². The van der Waals surface area contributed by atoms with Gasteiger partial charge < -0.3 is 19.6 Å². The Labute approximate surface area is 273 Å². The third-order valence-corrected chi connectivity index (χ3v) is 9.79. The highest BCUT2D eigenvalue weighted by Crippen LogP contribution is 2.47. The lowest BCUT2D eigenvalue weighted by Gasteiger charge is -2.33. The second kappa shape index (κ2) is 12.0. The van der Waals surface area contributed by atoms with Crippen LogP contribution in [0.5, 0.6) is 5.75 Å².